The summed E-state index contributed by atoms with van der Waals surface area (Å²) < 4.78 is 0. The van der Waals surface area contributed by atoms with Crippen LogP contribution >= 0.6 is 11.3 Å². The third-order valence-corrected chi connectivity index (χ3v) is 4.10. The molecule has 1 aromatic heterocycles. The number of hydrogen-bond acceptors (Lipinski definition) is 5. The summed E-state index contributed by atoms with van der Waals surface area (Å²) in [7, 11) is 0. The molecule has 6 heteroatoms. The summed E-state index contributed by atoms with van der Waals surface area (Å²) in [4.78, 5) is 23.6. The van der Waals surface area contributed by atoms with Crippen LogP contribution in [0.5, 0.6) is 0 Å². The summed E-state index contributed by atoms with van der Waals surface area (Å²) in [5, 5.41) is 14.2. The molecule has 1 N–H and O–H groups in total. The van der Waals surface area contributed by atoms with Crippen LogP contribution in [0, 0.1) is 17.0 Å². The van der Waals surface area contributed by atoms with E-state index in [1.165, 1.54) is 10.9 Å². The third-order valence-electron chi connectivity index (χ3n) is 2.91. The maximum Gasteiger partial charge on any atom is 0.293 e. The van der Waals surface area contributed by atoms with Gasteiger partial charge >= 0.3 is 0 Å². The number of carbonyl (C=O) groups excluding carboxylic acids is 1. The zero-order valence-electron chi connectivity index (χ0n) is 11.1. The van der Waals surface area contributed by atoms with E-state index in [4.69, 9.17) is 0 Å². The molecule has 0 saturated heterocycles. The first kappa shape index (κ1) is 14.2. The first-order valence-corrected chi connectivity index (χ1v) is 6.89. The molecule has 0 radical (unpaired) electrons. The quantitative estimate of drug-likeness (QED) is 0.514. The molecule has 0 spiro atoms. The first-order chi connectivity index (χ1) is 9.51. The molecular formula is C14H14N2O3S. The predicted octanol–water partition coefficient (Wildman–Crippen LogP) is 3.95. The Balaban J connectivity index is 2.28. The Kier molecular flexibility index (Phi) is 4.14. The topological polar surface area (TPSA) is 72.2 Å². The highest BCUT2D eigenvalue weighted by Gasteiger charge is 2.17. The second kappa shape index (κ2) is 5.83. The minimum Gasteiger partial charge on any atom is -0.372 e. The van der Waals surface area contributed by atoms with Crippen LogP contribution in [0.15, 0.2) is 30.3 Å². The van der Waals surface area contributed by atoms with Crippen LogP contribution in [0.4, 0.5) is 11.4 Å². The van der Waals surface area contributed by atoms with Gasteiger partial charge in [-0.05, 0) is 38.1 Å². The molecule has 1 atom stereocenters. The van der Waals surface area contributed by atoms with Gasteiger partial charge in [-0.1, -0.05) is 0 Å². The Morgan fingerprint density at radius 2 is 2.10 bits per heavy atom. The number of nitrogens with zero attached hydrogens (tertiary/aromatic N) is 1. The van der Waals surface area contributed by atoms with Gasteiger partial charge in [-0.15, -0.1) is 11.3 Å². The number of nitrogens with one attached hydrogen (secondary N) is 1. The maximum atomic E-state index is 11.1. The van der Waals surface area contributed by atoms with Crippen LogP contribution in [0.2, 0.25) is 0 Å². The second-order valence-electron chi connectivity index (χ2n) is 4.47. The van der Waals surface area contributed by atoms with Crippen molar-refractivity contribution >= 4 is 29.0 Å². The smallest absolute Gasteiger partial charge is 0.293 e. The molecule has 1 aromatic carbocycles. The fraction of sp³-hybridized carbons (Fsp3) is 0.214. The molecule has 0 fully saturated rings. The number of nitro groups is 1. The van der Waals surface area contributed by atoms with E-state index >= 15 is 0 Å². The Labute approximate surface area is 120 Å². The van der Waals surface area contributed by atoms with Crippen molar-refractivity contribution in [3.8, 4) is 0 Å². The lowest BCUT2D eigenvalue weighted by Crippen LogP contribution is -2.07. The van der Waals surface area contributed by atoms with Crippen molar-refractivity contribution < 1.29 is 9.72 Å². The van der Waals surface area contributed by atoms with Gasteiger partial charge in [0.05, 0.1) is 11.0 Å². The molecule has 0 bridgehead atoms. The van der Waals surface area contributed by atoms with E-state index in [2.05, 4.69) is 5.32 Å². The van der Waals surface area contributed by atoms with Gasteiger partial charge < -0.3 is 5.32 Å². The number of nitro benzene ring substituents is 1. The molecule has 20 heavy (non-hydrogen) atoms. The molecule has 0 saturated carbocycles. The van der Waals surface area contributed by atoms with Crippen molar-refractivity contribution in [3.63, 3.8) is 0 Å². The summed E-state index contributed by atoms with van der Waals surface area (Å²) in [6.45, 7) is 3.96. The molecule has 0 aliphatic carbocycles. The molecular weight excluding hydrogens is 276 g/mol. The minimum absolute atomic E-state index is 0.0329. The van der Waals surface area contributed by atoms with Gasteiger partial charge in [0, 0.05) is 21.4 Å². The summed E-state index contributed by atoms with van der Waals surface area (Å²) in [5.41, 5.74) is 0.621. The number of aryl methyl sites for hydroxylation is 1. The molecule has 0 aliphatic heterocycles. The predicted molar refractivity (Wildman–Crippen MR) is 79.6 cm³/mol. The van der Waals surface area contributed by atoms with E-state index in [-0.39, 0.29) is 11.7 Å². The van der Waals surface area contributed by atoms with E-state index in [0.717, 1.165) is 4.88 Å². The van der Waals surface area contributed by atoms with Gasteiger partial charge in [0.25, 0.3) is 5.69 Å². The summed E-state index contributed by atoms with van der Waals surface area (Å²) in [5.74, 6) is 0. The van der Waals surface area contributed by atoms with Crippen LogP contribution in [0.25, 0.3) is 0 Å². The van der Waals surface area contributed by atoms with Crippen molar-refractivity contribution in [1.29, 1.82) is 0 Å². The van der Waals surface area contributed by atoms with Crippen molar-refractivity contribution in [2.24, 2.45) is 0 Å². The summed E-state index contributed by atoms with van der Waals surface area (Å²) in [6.07, 6.45) is 0.600. The normalized spacial score (nSPS) is 11.9. The van der Waals surface area contributed by atoms with Crippen LogP contribution < -0.4 is 5.32 Å². The molecule has 1 heterocycles. The maximum absolute atomic E-state index is 11.1. The highest BCUT2D eigenvalue weighted by atomic mass is 32.1. The zero-order valence-corrected chi connectivity index (χ0v) is 11.9. The number of carbonyl (C=O) groups is 1. The highest BCUT2D eigenvalue weighted by molar-refractivity contribution is 7.12. The number of thiophene rings is 1. The van der Waals surface area contributed by atoms with E-state index in [1.54, 1.807) is 23.5 Å². The SMILES string of the molecule is Cc1ccc(C(C)Nc2ccc(C=O)cc2[N+](=O)[O-])s1. The molecule has 0 aliphatic rings. The van der Waals surface area contributed by atoms with Crippen LogP contribution in [0.1, 0.15) is 33.1 Å². The van der Waals surface area contributed by atoms with E-state index < -0.39 is 4.92 Å². The Morgan fingerprint density at radius 3 is 2.65 bits per heavy atom. The lowest BCUT2D eigenvalue weighted by atomic mass is 10.1. The number of anilines is 1. The lowest BCUT2D eigenvalue weighted by molar-refractivity contribution is -0.384. The van der Waals surface area contributed by atoms with E-state index in [0.29, 0.717) is 17.5 Å². The lowest BCUT2D eigenvalue weighted by Gasteiger charge is -2.14. The standard InChI is InChI=1S/C14H14N2O3S/c1-9-3-6-14(20-9)10(2)15-12-5-4-11(8-17)7-13(12)16(18)19/h3-8,10,15H,1-2H3. The number of benzene rings is 1. The number of rotatable bonds is 5. The van der Waals surface area contributed by atoms with Crippen LogP contribution in [-0.4, -0.2) is 11.2 Å². The van der Waals surface area contributed by atoms with E-state index in [1.807, 2.05) is 26.0 Å². The summed E-state index contributed by atoms with van der Waals surface area (Å²) in [6, 6.07) is 8.40. The Bertz CT molecular complexity index is 652. The van der Waals surface area contributed by atoms with Gasteiger partial charge in [-0.2, -0.15) is 0 Å². The molecule has 1 unspecified atom stereocenters. The van der Waals surface area contributed by atoms with Crippen molar-refractivity contribution in [2.45, 2.75) is 19.9 Å². The molecule has 104 valence electrons. The summed E-state index contributed by atoms with van der Waals surface area (Å²) >= 11 is 1.65. The Hall–Kier alpha value is -2.21. The number of hydrogen-bond donors (Lipinski definition) is 1. The van der Waals surface area contributed by atoms with Gasteiger partial charge in [-0.25, -0.2) is 0 Å². The molecule has 2 rings (SSSR count). The average Bonchev–Trinajstić information content (AvgIpc) is 2.85. The molecule has 0 amide bonds. The molecule has 5 nitrogen and oxygen atoms in total. The van der Waals surface area contributed by atoms with Crippen molar-refractivity contribution in [3.05, 3.63) is 55.8 Å². The first-order valence-electron chi connectivity index (χ1n) is 6.07. The van der Waals surface area contributed by atoms with Gasteiger partial charge in [0.15, 0.2) is 0 Å². The number of aldehydes is 1. The van der Waals surface area contributed by atoms with Crippen LogP contribution in [0.3, 0.4) is 0 Å². The average molecular weight is 290 g/mol. The minimum atomic E-state index is -0.484. The largest absolute Gasteiger partial charge is 0.372 e. The van der Waals surface area contributed by atoms with Gasteiger partial charge in [0.1, 0.15) is 12.0 Å². The van der Waals surface area contributed by atoms with E-state index in [9.17, 15) is 14.9 Å². The van der Waals surface area contributed by atoms with Crippen molar-refractivity contribution in [1.82, 2.24) is 0 Å². The molecule has 2 aromatic rings. The monoisotopic (exact) mass is 290 g/mol. The third kappa shape index (κ3) is 3.03. The van der Waals surface area contributed by atoms with Gasteiger partial charge in [-0.3, -0.25) is 14.9 Å². The fourth-order valence-electron chi connectivity index (χ4n) is 1.89. The van der Waals surface area contributed by atoms with Crippen molar-refractivity contribution in [2.75, 3.05) is 5.32 Å². The highest BCUT2D eigenvalue weighted by Crippen LogP contribution is 2.31. The second-order valence-corrected chi connectivity index (χ2v) is 5.79. The fourth-order valence-corrected chi connectivity index (χ4v) is 2.77. The Morgan fingerprint density at radius 1 is 1.35 bits per heavy atom. The van der Waals surface area contributed by atoms with Crippen LogP contribution in [-0.2, 0) is 0 Å². The van der Waals surface area contributed by atoms with Gasteiger partial charge in [0.2, 0.25) is 0 Å². The zero-order chi connectivity index (χ0) is 14.7.